The zero-order valence-corrected chi connectivity index (χ0v) is 12.3. The van der Waals surface area contributed by atoms with E-state index in [-0.39, 0.29) is 11.7 Å². The predicted octanol–water partition coefficient (Wildman–Crippen LogP) is 4.01. The molecule has 2 aliphatic rings. The number of hydrogen-bond donors (Lipinski definition) is 1. The average Bonchev–Trinajstić information content (AvgIpc) is 2.95. The molecule has 3 rings (SSSR count). The molecule has 21 heavy (non-hydrogen) atoms. The number of benzene rings is 1. The molecule has 1 saturated heterocycles. The highest BCUT2D eigenvalue weighted by atomic mass is 32.1. The molecule has 6 heteroatoms. The first kappa shape index (κ1) is 15.2. The molecule has 0 bridgehead atoms. The maximum absolute atomic E-state index is 13.3. The van der Waals surface area contributed by atoms with Crippen molar-refractivity contribution in [1.82, 2.24) is 0 Å². The predicted molar refractivity (Wildman–Crippen MR) is 74.6 cm³/mol. The molecule has 0 aromatic heterocycles. The van der Waals surface area contributed by atoms with E-state index in [4.69, 9.17) is 9.47 Å². The van der Waals surface area contributed by atoms with Crippen LogP contribution < -0.4 is 0 Å². The minimum Gasteiger partial charge on any atom is -0.346 e. The Balaban J connectivity index is 1.67. The van der Waals surface area contributed by atoms with Crippen LogP contribution in [0.3, 0.4) is 0 Å². The van der Waals surface area contributed by atoms with Gasteiger partial charge in [0.2, 0.25) is 0 Å². The molecule has 2 atom stereocenters. The molecule has 2 unspecified atom stereocenters. The molecule has 0 spiro atoms. The van der Waals surface area contributed by atoms with Gasteiger partial charge in [-0.2, -0.15) is 12.6 Å². The van der Waals surface area contributed by atoms with Crippen molar-refractivity contribution in [3.8, 4) is 0 Å². The summed E-state index contributed by atoms with van der Waals surface area (Å²) in [5, 5.41) is 0.444. The van der Waals surface area contributed by atoms with Crippen molar-refractivity contribution in [2.24, 2.45) is 5.92 Å². The maximum atomic E-state index is 13.3. The van der Waals surface area contributed by atoms with Crippen molar-refractivity contribution in [1.29, 1.82) is 0 Å². The van der Waals surface area contributed by atoms with Gasteiger partial charge in [-0.05, 0) is 43.7 Å². The Hall–Kier alpha value is -0.720. The van der Waals surface area contributed by atoms with Gasteiger partial charge >= 0.3 is 0 Å². The Morgan fingerprint density at radius 2 is 1.62 bits per heavy atom. The van der Waals surface area contributed by atoms with Gasteiger partial charge in [0.25, 0.3) is 0 Å². The maximum Gasteiger partial charge on any atom is 0.194 e. The van der Waals surface area contributed by atoms with Gasteiger partial charge in [-0.1, -0.05) is 0 Å². The largest absolute Gasteiger partial charge is 0.346 e. The molecule has 0 N–H and O–H groups in total. The third-order valence-corrected chi connectivity index (χ3v) is 4.77. The van der Waals surface area contributed by atoms with Crippen molar-refractivity contribution in [2.45, 2.75) is 43.3 Å². The molecule has 116 valence electrons. The fraction of sp³-hybridized carbons (Fsp3) is 0.600. The number of rotatable bonds is 2. The lowest BCUT2D eigenvalue weighted by Crippen LogP contribution is -2.27. The van der Waals surface area contributed by atoms with Gasteiger partial charge in [0.15, 0.2) is 23.7 Å². The topological polar surface area (TPSA) is 18.5 Å². The summed E-state index contributed by atoms with van der Waals surface area (Å²) < 4.78 is 50.7. The molecule has 1 aliphatic heterocycles. The Morgan fingerprint density at radius 1 is 1.00 bits per heavy atom. The van der Waals surface area contributed by atoms with Gasteiger partial charge in [0.1, 0.15) is 0 Å². The summed E-state index contributed by atoms with van der Waals surface area (Å²) in [6.07, 6.45) is 3.21. The zero-order valence-electron chi connectivity index (χ0n) is 11.4. The molecule has 2 nitrogen and oxygen atoms in total. The van der Waals surface area contributed by atoms with E-state index in [1.807, 2.05) is 0 Å². The summed E-state index contributed by atoms with van der Waals surface area (Å²) in [7, 11) is 0. The fourth-order valence-electron chi connectivity index (χ4n) is 3.03. The Kier molecular flexibility index (Phi) is 4.47. The molecule has 2 fully saturated rings. The van der Waals surface area contributed by atoms with Crippen LogP contribution in [0.15, 0.2) is 12.1 Å². The summed E-state index contributed by atoms with van der Waals surface area (Å²) in [6.45, 7) is 0.396. The summed E-state index contributed by atoms with van der Waals surface area (Å²) in [5.74, 6) is -3.54. The fourth-order valence-corrected chi connectivity index (χ4v) is 3.32. The monoisotopic (exact) mass is 318 g/mol. The van der Waals surface area contributed by atoms with Crippen LogP contribution in [0.2, 0.25) is 0 Å². The lowest BCUT2D eigenvalue weighted by Gasteiger charge is -2.29. The molecule has 1 saturated carbocycles. The minimum atomic E-state index is -1.47. The molecule has 1 heterocycles. The van der Waals surface area contributed by atoms with Gasteiger partial charge < -0.3 is 9.47 Å². The second-order valence-electron chi connectivity index (χ2n) is 5.71. The molecular weight excluding hydrogens is 301 g/mol. The number of ether oxygens (including phenoxy) is 2. The van der Waals surface area contributed by atoms with E-state index < -0.39 is 23.7 Å². The van der Waals surface area contributed by atoms with Crippen LogP contribution in [-0.4, -0.2) is 18.0 Å². The third-order valence-electron chi connectivity index (χ3n) is 4.26. The Bertz CT molecular complexity index is 495. The molecule has 0 amide bonds. The number of thiol groups is 1. The smallest absolute Gasteiger partial charge is 0.194 e. The molecule has 1 aliphatic carbocycles. The lowest BCUT2D eigenvalue weighted by molar-refractivity contribution is -0.0724. The van der Waals surface area contributed by atoms with E-state index in [0.29, 0.717) is 17.8 Å². The van der Waals surface area contributed by atoms with E-state index in [0.717, 1.165) is 37.8 Å². The van der Waals surface area contributed by atoms with E-state index >= 15 is 0 Å². The van der Waals surface area contributed by atoms with Crippen molar-refractivity contribution >= 4 is 12.6 Å². The Labute approximate surface area is 127 Å². The quantitative estimate of drug-likeness (QED) is 0.656. The second kappa shape index (κ2) is 6.18. The first-order chi connectivity index (χ1) is 10.0. The van der Waals surface area contributed by atoms with E-state index in [2.05, 4.69) is 12.6 Å². The van der Waals surface area contributed by atoms with Gasteiger partial charge in [0, 0.05) is 10.8 Å². The van der Waals surface area contributed by atoms with Crippen molar-refractivity contribution in [2.75, 3.05) is 6.61 Å². The van der Waals surface area contributed by atoms with Gasteiger partial charge in [-0.15, -0.1) is 0 Å². The van der Waals surface area contributed by atoms with Gasteiger partial charge in [-0.3, -0.25) is 0 Å². The van der Waals surface area contributed by atoms with Gasteiger partial charge in [0.05, 0.1) is 12.7 Å². The summed E-state index contributed by atoms with van der Waals surface area (Å²) >= 11 is 4.46. The van der Waals surface area contributed by atoms with Gasteiger partial charge in [-0.25, -0.2) is 13.2 Å². The van der Waals surface area contributed by atoms with Crippen LogP contribution in [0, 0.1) is 23.4 Å². The normalized spacial score (nSPS) is 33.3. The minimum absolute atomic E-state index is 0.0768. The van der Waals surface area contributed by atoms with Crippen molar-refractivity contribution < 1.29 is 22.6 Å². The van der Waals surface area contributed by atoms with E-state index in [1.165, 1.54) is 0 Å². The highest BCUT2D eigenvalue weighted by molar-refractivity contribution is 7.80. The van der Waals surface area contributed by atoms with Crippen molar-refractivity contribution in [3.05, 3.63) is 35.1 Å². The second-order valence-corrected chi connectivity index (χ2v) is 6.44. The SMILES string of the molecule is Fc1cc(C2OCC(C3CCC(S)CC3)O2)cc(F)c1F. The average molecular weight is 318 g/mol. The molecular formula is C15H17F3O2S. The number of hydrogen-bond acceptors (Lipinski definition) is 3. The van der Waals surface area contributed by atoms with Crippen LogP contribution >= 0.6 is 12.6 Å². The highest BCUT2D eigenvalue weighted by Gasteiger charge is 2.35. The highest BCUT2D eigenvalue weighted by Crippen LogP contribution is 2.37. The lowest BCUT2D eigenvalue weighted by atomic mass is 9.85. The van der Waals surface area contributed by atoms with Crippen molar-refractivity contribution in [3.63, 3.8) is 0 Å². The standard InChI is InChI=1S/C15H17F3O2S/c16-11-5-9(6-12(17)14(11)18)15-19-7-13(20-15)8-1-3-10(21)4-2-8/h5-6,8,10,13,15,21H,1-4,7H2. The summed E-state index contributed by atoms with van der Waals surface area (Å²) in [4.78, 5) is 0. The summed E-state index contributed by atoms with van der Waals surface area (Å²) in [5.41, 5.74) is 0.178. The first-order valence-electron chi connectivity index (χ1n) is 7.14. The van der Waals surface area contributed by atoms with Crippen LogP contribution in [-0.2, 0) is 9.47 Å². The third kappa shape index (κ3) is 3.22. The van der Waals surface area contributed by atoms with Crippen LogP contribution in [0.4, 0.5) is 13.2 Å². The van der Waals surface area contributed by atoms with Crippen LogP contribution in [0.1, 0.15) is 37.5 Å². The Morgan fingerprint density at radius 3 is 2.24 bits per heavy atom. The zero-order chi connectivity index (χ0) is 15.0. The number of halogens is 3. The van der Waals surface area contributed by atoms with Crippen LogP contribution in [0.5, 0.6) is 0 Å². The summed E-state index contributed by atoms with van der Waals surface area (Å²) in [6, 6.07) is 1.85. The van der Waals surface area contributed by atoms with Crippen LogP contribution in [0.25, 0.3) is 0 Å². The molecule has 1 aromatic rings. The van der Waals surface area contributed by atoms with E-state index in [1.54, 1.807) is 0 Å². The molecule has 0 radical (unpaired) electrons. The molecule has 1 aromatic carbocycles. The van der Waals surface area contributed by atoms with E-state index in [9.17, 15) is 13.2 Å². The first-order valence-corrected chi connectivity index (χ1v) is 7.66.